The van der Waals surface area contributed by atoms with E-state index in [0.717, 1.165) is 22.3 Å². The molecule has 39 heavy (non-hydrogen) atoms. The van der Waals surface area contributed by atoms with Crippen molar-refractivity contribution < 1.29 is 17.9 Å². The predicted octanol–water partition coefficient (Wildman–Crippen LogP) is 5.55. The molecule has 1 unspecified atom stereocenters. The van der Waals surface area contributed by atoms with E-state index in [-0.39, 0.29) is 28.8 Å². The molecule has 8 nitrogen and oxygen atoms in total. The number of nitrogens with one attached hydrogen (secondary N) is 2. The van der Waals surface area contributed by atoms with Crippen LogP contribution in [0.25, 0.3) is 11.3 Å². The minimum atomic E-state index is -4.09. The van der Waals surface area contributed by atoms with Crippen LogP contribution >= 0.6 is 0 Å². The Balaban J connectivity index is 1.66. The van der Waals surface area contributed by atoms with E-state index in [1.54, 1.807) is 12.1 Å². The van der Waals surface area contributed by atoms with Gasteiger partial charge in [-0.3, -0.25) is 4.79 Å². The van der Waals surface area contributed by atoms with Crippen molar-refractivity contribution in [2.75, 3.05) is 11.3 Å². The topological polar surface area (TPSA) is 110 Å². The lowest BCUT2D eigenvalue weighted by Gasteiger charge is -2.21. The maximum atomic E-state index is 13.3. The van der Waals surface area contributed by atoms with Gasteiger partial charge < -0.3 is 10.1 Å². The van der Waals surface area contributed by atoms with Gasteiger partial charge in [-0.05, 0) is 60.2 Å². The lowest BCUT2D eigenvalue weighted by atomic mass is 9.99. The SMILES string of the molecule is Cc1cccc(C)c1-c1cc2nc(n1)NS(=O)(=O)c1cccc(c1)C(=O)NCC(c1ccc(C(C)C)cc1)O2. The van der Waals surface area contributed by atoms with Gasteiger partial charge in [0.1, 0.15) is 6.10 Å². The second-order valence-electron chi connectivity index (χ2n) is 9.95. The molecule has 4 aromatic rings. The molecule has 1 aromatic heterocycles. The third-order valence-corrected chi connectivity index (χ3v) is 8.08. The van der Waals surface area contributed by atoms with Gasteiger partial charge >= 0.3 is 0 Å². The first-order valence-corrected chi connectivity index (χ1v) is 14.2. The number of ether oxygens (including phenoxy) is 1. The van der Waals surface area contributed by atoms with Gasteiger partial charge in [0.05, 0.1) is 17.1 Å². The lowest BCUT2D eigenvalue weighted by Crippen LogP contribution is -2.31. The minimum Gasteiger partial charge on any atom is -0.467 e. The van der Waals surface area contributed by atoms with Crippen molar-refractivity contribution in [2.45, 2.75) is 44.6 Å². The van der Waals surface area contributed by atoms with Crippen LogP contribution in [0.15, 0.2) is 77.7 Å². The summed E-state index contributed by atoms with van der Waals surface area (Å²) >= 11 is 0. The number of aryl methyl sites for hydroxylation is 2. The van der Waals surface area contributed by atoms with Gasteiger partial charge in [-0.2, -0.15) is 4.98 Å². The van der Waals surface area contributed by atoms with Crippen molar-refractivity contribution in [3.05, 3.63) is 101 Å². The fourth-order valence-electron chi connectivity index (χ4n) is 4.62. The molecule has 9 heteroatoms. The average Bonchev–Trinajstić information content (AvgIpc) is 2.90. The zero-order valence-corrected chi connectivity index (χ0v) is 23.0. The molecule has 4 bridgehead atoms. The molecule has 3 aromatic carbocycles. The van der Waals surface area contributed by atoms with Gasteiger partial charge in [-0.1, -0.05) is 62.4 Å². The van der Waals surface area contributed by atoms with E-state index < -0.39 is 22.0 Å². The van der Waals surface area contributed by atoms with E-state index in [0.29, 0.717) is 11.6 Å². The summed E-state index contributed by atoms with van der Waals surface area (Å²) in [5, 5.41) is 2.89. The molecular weight excluding hydrogens is 512 g/mol. The second kappa shape index (κ2) is 10.5. The van der Waals surface area contributed by atoms with Crippen molar-refractivity contribution in [3.8, 4) is 17.1 Å². The van der Waals surface area contributed by atoms with E-state index in [1.165, 1.54) is 23.8 Å². The Morgan fingerprint density at radius 1 is 0.923 bits per heavy atom. The number of amides is 1. The first-order valence-electron chi connectivity index (χ1n) is 12.7. The Labute approximate surface area is 228 Å². The Bertz CT molecular complexity index is 1630. The number of rotatable bonds is 3. The molecule has 0 radical (unpaired) electrons. The summed E-state index contributed by atoms with van der Waals surface area (Å²) in [6.07, 6.45) is -0.593. The average molecular weight is 543 g/mol. The van der Waals surface area contributed by atoms with E-state index >= 15 is 0 Å². The van der Waals surface area contributed by atoms with Crippen LogP contribution in [-0.4, -0.2) is 30.8 Å². The highest BCUT2D eigenvalue weighted by molar-refractivity contribution is 7.92. The molecule has 0 saturated carbocycles. The number of hydrogen-bond donors (Lipinski definition) is 2. The standard InChI is InChI=1S/C30H30N4O4S/c1-18(2)21-11-13-22(14-12-21)26-17-31-29(35)23-9-6-10-24(15-23)39(36,37)34-30-32-25(16-27(33-30)38-26)28-19(3)7-5-8-20(28)4/h5-16,18,26H,17H2,1-4H3,(H,31,35)(H,32,33,34). The van der Waals surface area contributed by atoms with Crippen LogP contribution in [0, 0.1) is 13.8 Å². The molecule has 2 N–H and O–H groups in total. The Kier molecular flexibility index (Phi) is 7.10. The van der Waals surface area contributed by atoms with Crippen LogP contribution < -0.4 is 14.8 Å². The van der Waals surface area contributed by atoms with E-state index in [9.17, 15) is 13.2 Å². The van der Waals surface area contributed by atoms with Crippen LogP contribution in [0.2, 0.25) is 0 Å². The zero-order chi connectivity index (χ0) is 27.7. The number of nitrogens with zero attached hydrogens (tertiary/aromatic N) is 2. The van der Waals surface area contributed by atoms with Crippen LogP contribution in [0.3, 0.4) is 0 Å². The van der Waals surface area contributed by atoms with Gasteiger partial charge in [-0.25, -0.2) is 18.1 Å². The molecule has 0 aliphatic carbocycles. The lowest BCUT2D eigenvalue weighted by molar-refractivity contribution is 0.0925. The van der Waals surface area contributed by atoms with Gasteiger partial charge in [0.2, 0.25) is 11.8 Å². The highest BCUT2D eigenvalue weighted by atomic mass is 32.2. The quantitative estimate of drug-likeness (QED) is 0.351. The van der Waals surface area contributed by atoms with Gasteiger partial charge in [0, 0.05) is 17.2 Å². The molecule has 5 rings (SSSR count). The molecule has 0 saturated heterocycles. The number of hydrogen-bond acceptors (Lipinski definition) is 6. The summed E-state index contributed by atoms with van der Waals surface area (Å²) < 4.78 is 35.4. The smallest absolute Gasteiger partial charge is 0.264 e. The largest absolute Gasteiger partial charge is 0.467 e. The minimum absolute atomic E-state index is 0.0706. The molecule has 1 amide bonds. The van der Waals surface area contributed by atoms with Crippen molar-refractivity contribution in [3.63, 3.8) is 0 Å². The number of fused-ring (bicyclic) bond motifs is 4. The van der Waals surface area contributed by atoms with Crippen molar-refractivity contribution >= 4 is 21.9 Å². The van der Waals surface area contributed by atoms with Gasteiger partial charge in [-0.15, -0.1) is 0 Å². The Hall–Kier alpha value is -4.24. The second-order valence-corrected chi connectivity index (χ2v) is 11.6. The van der Waals surface area contributed by atoms with E-state index in [4.69, 9.17) is 4.74 Å². The molecule has 1 atom stereocenters. The summed E-state index contributed by atoms with van der Waals surface area (Å²) in [5.41, 5.74) is 5.59. The zero-order valence-electron chi connectivity index (χ0n) is 22.2. The highest BCUT2D eigenvalue weighted by Gasteiger charge is 2.23. The van der Waals surface area contributed by atoms with Gasteiger partial charge in [0.25, 0.3) is 15.9 Å². The molecule has 1 aliphatic rings. The van der Waals surface area contributed by atoms with Crippen LogP contribution in [0.4, 0.5) is 5.95 Å². The molecule has 0 fully saturated rings. The number of benzene rings is 3. The highest BCUT2D eigenvalue weighted by Crippen LogP contribution is 2.31. The summed E-state index contributed by atoms with van der Waals surface area (Å²) in [5.74, 6) is 0.0126. The fraction of sp³-hybridized carbons (Fsp3) is 0.233. The maximum absolute atomic E-state index is 13.3. The van der Waals surface area contributed by atoms with Crippen molar-refractivity contribution in [1.29, 1.82) is 0 Å². The molecule has 1 aliphatic heterocycles. The van der Waals surface area contributed by atoms with Crippen molar-refractivity contribution in [1.82, 2.24) is 15.3 Å². The Morgan fingerprint density at radius 2 is 1.62 bits per heavy atom. The monoisotopic (exact) mass is 542 g/mol. The number of aromatic nitrogens is 2. The number of sulfonamides is 1. The van der Waals surface area contributed by atoms with E-state index in [1.807, 2.05) is 56.3 Å². The molecular formula is C30H30N4O4S. The third-order valence-electron chi connectivity index (χ3n) is 6.76. The summed E-state index contributed by atoms with van der Waals surface area (Å²) in [4.78, 5) is 21.9. The first kappa shape index (κ1) is 26.4. The number of carbonyl (C=O) groups excluding carboxylic acids is 1. The summed E-state index contributed by atoms with van der Waals surface area (Å²) in [6.45, 7) is 8.33. The van der Waals surface area contributed by atoms with Crippen LogP contribution in [-0.2, 0) is 10.0 Å². The Morgan fingerprint density at radius 3 is 2.31 bits per heavy atom. The van der Waals surface area contributed by atoms with Crippen LogP contribution in [0.5, 0.6) is 5.88 Å². The fourth-order valence-corrected chi connectivity index (χ4v) is 5.61. The number of anilines is 1. The van der Waals surface area contributed by atoms with Gasteiger partial charge in [0.15, 0.2) is 0 Å². The first-order chi connectivity index (χ1) is 18.6. The molecule has 200 valence electrons. The number of carbonyl (C=O) groups is 1. The molecule has 2 heterocycles. The summed E-state index contributed by atoms with van der Waals surface area (Å²) in [7, 11) is -4.09. The van der Waals surface area contributed by atoms with E-state index in [2.05, 4.69) is 33.9 Å². The normalized spacial score (nSPS) is 16.6. The van der Waals surface area contributed by atoms with Crippen LogP contribution in [0.1, 0.15) is 58.5 Å². The summed E-state index contributed by atoms with van der Waals surface area (Å²) in [6, 6.07) is 21.5. The molecule has 0 spiro atoms. The third kappa shape index (κ3) is 5.63. The maximum Gasteiger partial charge on any atom is 0.264 e. The van der Waals surface area contributed by atoms with Crippen molar-refractivity contribution in [2.24, 2.45) is 0 Å². The predicted molar refractivity (Wildman–Crippen MR) is 150 cm³/mol.